The van der Waals surface area contributed by atoms with Crippen molar-refractivity contribution in [1.29, 1.82) is 0 Å². The highest BCUT2D eigenvalue weighted by atomic mass is 16.2. The molecule has 2 atom stereocenters. The Hall–Kier alpha value is -3.91. The SMILES string of the molecule is CNc1ccn(-c2ccnc3c2cc(CN2CC[C@H](c4ccc(C(=O)N(C)C)cc4)C[C@@H]2C)n3C)c(=O)c1. The molecule has 5 rings (SSSR count). The van der Waals surface area contributed by atoms with E-state index in [2.05, 4.69) is 51.9 Å². The highest BCUT2D eigenvalue weighted by Gasteiger charge is 2.27. The summed E-state index contributed by atoms with van der Waals surface area (Å²) in [6, 6.07) is 16.1. The van der Waals surface area contributed by atoms with Crippen molar-refractivity contribution in [3.8, 4) is 5.69 Å². The van der Waals surface area contributed by atoms with Crippen molar-refractivity contribution in [2.45, 2.75) is 38.3 Å². The summed E-state index contributed by atoms with van der Waals surface area (Å²) in [4.78, 5) is 33.8. The standard InChI is InChI=1S/C30H36N6O2/c1-20-16-23(21-6-8-22(9-7-21)30(38)33(3)4)11-14-35(20)19-25-18-26-27(10-13-32-29(26)34(25)5)36-15-12-24(31-2)17-28(36)37/h6-10,12-13,15,17-18,20,23,31H,11,14,16,19H2,1-5H3/t20-,23-/m0/s1. The molecule has 0 spiro atoms. The van der Waals surface area contributed by atoms with E-state index in [1.165, 1.54) is 11.3 Å². The van der Waals surface area contributed by atoms with E-state index >= 15 is 0 Å². The molecule has 198 valence electrons. The summed E-state index contributed by atoms with van der Waals surface area (Å²) in [5, 5.41) is 3.99. The number of likely N-dealkylation sites (tertiary alicyclic amines) is 1. The molecular weight excluding hydrogens is 476 g/mol. The van der Waals surface area contributed by atoms with Crippen molar-refractivity contribution >= 4 is 22.6 Å². The molecular formula is C30H36N6O2. The summed E-state index contributed by atoms with van der Waals surface area (Å²) in [5.41, 5.74) is 5.64. The molecule has 1 saturated heterocycles. The van der Waals surface area contributed by atoms with Crippen molar-refractivity contribution in [1.82, 2.24) is 23.9 Å². The quantitative estimate of drug-likeness (QED) is 0.418. The number of carbonyl (C=O) groups excluding carboxylic acids is 1. The molecule has 8 nitrogen and oxygen atoms in total. The summed E-state index contributed by atoms with van der Waals surface area (Å²) in [5.74, 6) is 0.519. The number of aryl methyl sites for hydroxylation is 1. The Morgan fingerprint density at radius 1 is 1.13 bits per heavy atom. The molecule has 0 radical (unpaired) electrons. The largest absolute Gasteiger partial charge is 0.388 e. The number of nitrogens with zero attached hydrogens (tertiary/aromatic N) is 5. The van der Waals surface area contributed by atoms with Gasteiger partial charge in [0.05, 0.1) is 5.69 Å². The maximum absolute atomic E-state index is 12.8. The Morgan fingerprint density at radius 2 is 1.89 bits per heavy atom. The van der Waals surface area contributed by atoms with Gasteiger partial charge in [0.15, 0.2) is 0 Å². The van der Waals surface area contributed by atoms with Crippen LogP contribution in [0.5, 0.6) is 0 Å². The fourth-order valence-corrected chi connectivity index (χ4v) is 5.58. The van der Waals surface area contributed by atoms with Crippen molar-refractivity contribution in [3.05, 3.63) is 88.1 Å². The molecule has 1 aliphatic rings. The lowest BCUT2D eigenvalue weighted by Crippen LogP contribution is -2.39. The van der Waals surface area contributed by atoms with Gasteiger partial charge in [0.2, 0.25) is 0 Å². The molecule has 1 amide bonds. The molecule has 4 aromatic rings. The highest BCUT2D eigenvalue weighted by Crippen LogP contribution is 2.33. The number of hydrogen-bond acceptors (Lipinski definition) is 5. The molecule has 0 unspecified atom stereocenters. The van der Waals surface area contributed by atoms with E-state index in [9.17, 15) is 9.59 Å². The fraction of sp³-hybridized carbons (Fsp3) is 0.367. The van der Waals surface area contributed by atoms with Gasteiger partial charge in [-0.05, 0) is 68.1 Å². The number of aromatic nitrogens is 3. The lowest BCUT2D eigenvalue weighted by molar-refractivity contribution is 0.0827. The third-order valence-electron chi connectivity index (χ3n) is 7.89. The average Bonchev–Trinajstić information content (AvgIpc) is 3.24. The molecule has 0 aliphatic carbocycles. The number of amides is 1. The Balaban J connectivity index is 1.34. The van der Waals surface area contributed by atoms with Gasteiger partial charge in [-0.1, -0.05) is 12.1 Å². The van der Waals surface area contributed by atoms with Gasteiger partial charge in [-0.2, -0.15) is 0 Å². The van der Waals surface area contributed by atoms with E-state index in [1.54, 1.807) is 42.9 Å². The number of carbonyl (C=O) groups is 1. The van der Waals surface area contributed by atoms with Gasteiger partial charge in [-0.25, -0.2) is 4.98 Å². The first-order valence-electron chi connectivity index (χ1n) is 13.2. The number of nitrogens with one attached hydrogen (secondary N) is 1. The van der Waals surface area contributed by atoms with Crippen LogP contribution in [0.1, 0.15) is 47.3 Å². The fourth-order valence-electron chi connectivity index (χ4n) is 5.58. The van der Waals surface area contributed by atoms with Crippen LogP contribution in [0.25, 0.3) is 16.7 Å². The van der Waals surface area contributed by atoms with Gasteiger partial charge in [0, 0.05) is 81.6 Å². The zero-order valence-corrected chi connectivity index (χ0v) is 22.8. The van der Waals surface area contributed by atoms with E-state index < -0.39 is 0 Å². The lowest BCUT2D eigenvalue weighted by atomic mass is 9.85. The van der Waals surface area contributed by atoms with Gasteiger partial charge in [0.1, 0.15) is 5.65 Å². The summed E-state index contributed by atoms with van der Waals surface area (Å²) in [7, 11) is 7.42. The normalized spacial score (nSPS) is 18.0. The number of rotatable bonds is 6. The van der Waals surface area contributed by atoms with Crippen LogP contribution < -0.4 is 10.9 Å². The highest BCUT2D eigenvalue weighted by molar-refractivity contribution is 5.93. The molecule has 1 fully saturated rings. The first kappa shape index (κ1) is 25.7. The maximum Gasteiger partial charge on any atom is 0.257 e. The van der Waals surface area contributed by atoms with Gasteiger partial charge in [-0.15, -0.1) is 0 Å². The Kier molecular flexibility index (Phi) is 7.08. The van der Waals surface area contributed by atoms with Gasteiger partial charge < -0.3 is 14.8 Å². The molecule has 1 aliphatic heterocycles. The van der Waals surface area contributed by atoms with E-state index in [0.29, 0.717) is 12.0 Å². The van der Waals surface area contributed by atoms with Crippen LogP contribution in [0.3, 0.4) is 0 Å². The first-order chi connectivity index (χ1) is 18.3. The second kappa shape index (κ2) is 10.5. The van der Waals surface area contributed by atoms with E-state index in [1.807, 2.05) is 30.5 Å². The van der Waals surface area contributed by atoms with Crippen molar-refractivity contribution in [3.63, 3.8) is 0 Å². The van der Waals surface area contributed by atoms with E-state index in [0.717, 1.165) is 53.9 Å². The van der Waals surface area contributed by atoms with Crippen molar-refractivity contribution in [2.75, 3.05) is 33.0 Å². The zero-order chi connectivity index (χ0) is 27.0. The van der Waals surface area contributed by atoms with Crippen LogP contribution >= 0.6 is 0 Å². The maximum atomic E-state index is 12.8. The van der Waals surface area contributed by atoms with Crippen molar-refractivity contribution < 1.29 is 4.79 Å². The van der Waals surface area contributed by atoms with Crippen LogP contribution in [0.4, 0.5) is 5.69 Å². The van der Waals surface area contributed by atoms with Crippen LogP contribution in [0, 0.1) is 0 Å². The predicted octanol–water partition coefficient (Wildman–Crippen LogP) is 4.24. The number of pyridine rings is 2. The minimum absolute atomic E-state index is 0.0344. The second-order valence-electron chi connectivity index (χ2n) is 10.5. The van der Waals surface area contributed by atoms with Gasteiger partial charge >= 0.3 is 0 Å². The molecule has 0 bridgehead atoms. The minimum atomic E-state index is -0.0791. The minimum Gasteiger partial charge on any atom is -0.388 e. The van der Waals surface area contributed by atoms with Crippen LogP contribution in [-0.4, -0.2) is 63.6 Å². The lowest BCUT2D eigenvalue weighted by Gasteiger charge is -2.38. The number of hydrogen-bond donors (Lipinski definition) is 1. The summed E-state index contributed by atoms with van der Waals surface area (Å²) in [6.07, 6.45) is 5.73. The second-order valence-corrected chi connectivity index (χ2v) is 10.5. The molecule has 38 heavy (non-hydrogen) atoms. The Morgan fingerprint density at radius 3 is 2.55 bits per heavy atom. The third-order valence-corrected chi connectivity index (χ3v) is 7.89. The van der Waals surface area contributed by atoms with E-state index in [-0.39, 0.29) is 11.5 Å². The monoisotopic (exact) mass is 512 g/mol. The van der Waals surface area contributed by atoms with Gasteiger partial charge in [-0.3, -0.25) is 19.1 Å². The number of anilines is 1. The van der Waals surface area contributed by atoms with Crippen molar-refractivity contribution in [2.24, 2.45) is 7.05 Å². The zero-order valence-electron chi connectivity index (χ0n) is 22.8. The molecule has 4 heterocycles. The van der Waals surface area contributed by atoms with Crippen LogP contribution in [0.15, 0.2) is 65.7 Å². The summed E-state index contributed by atoms with van der Waals surface area (Å²) >= 11 is 0. The molecule has 8 heteroatoms. The smallest absolute Gasteiger partial charge is 0.257 e. The van der Waals surface area contributed by atoms with Gasteiger partial charge in [0.25, 0.3) is 11.5 Å². The van der Waals surface area contributed by atoms with Crippen LogP contribution in [0.2, 0.25) is 0 Å². The number of benzene rings is 1. The summed E-state index contributed by atoms with van der Waals surface area (Å²) < 4.78 is 3.82. The topological polar surface area (TPSA) is 75.4 Å². The molecule has 1 N–H and O–H groups in total. The van der Waals surface area contributed by atoms with Crippen LogP contribution in [-0.2, 0) is 13.6 Å². The predicted molar refractivity (Wildman–Crippen MR) is 152 cm³/mol. The third kappa shape index (κ3) is 4.84. The van der Waals surface area contributed by atoms with E-state index in [4.69, 9.17) is 0 Å². The Bertz CT molecular complexity index is 1520. The first-order valence-corrected chi connectivity index (χ1v) is 13.2. The number of piperidine rings is 1. The molecule has 3 aromatic heterocycles. The molecule has 0 saturated carbocycles. The molecule has 1 aromatic carbocycles. The number of fused-ring (bicyclic) bond motifs is 1. The average molecular weight is 513 g/mol. The summed E-state index contributed by atoms with van der Waals surface area (Å²) in [6.45, 7) is 4.12. The Labute approximate surface area is 223 Å².